The van der Waals surface area contributed by atoms with Gasteiger partial charge in [0.1, 0.15) is 5.69 Å². The Labute approximate surface area is 202 Å². The molecule has 0 saturated carbocycles. The molecule has 2 aliphatic heterocycles. The molecule has 3 heterocycles. The zero-order chi connectivity index (χ0) is 24.4. The van der Waals surface area contributed by atoms with Crippen molar-refractivity contribution in [2.45, 2.75) is 6.54 Å². The fraction of sp³-hybridized carbons (Fsp3) is 0.280. The number of carbonyl (C=O) groups excluding carboxylic acids is 2. The molecule has 2 aromatic carbocycles. The number of piperazine rings is 1. The molecule has 2 amide bonds. The summed E-state index contributed by atoms with van der Waals surface area (Å²) in [4.78, 5) is 38.6. The normalized spacial score (nSPS) is 15.1. The Morgan fingerprint density at radius 3 is 2.57 bits per heavy atom. The Balaban J connectivity index is 1.37. The molecular formula is C25H26N6O4. The monoisotopic (exact) mass is 474 g/mol. The molecule has 0 radical (unpaired) electrons. The van der Waals surface area contributed by atoms with E-state index in [1.165, 1.54) is 24.4 Å². The fourth-order valence-electron chi connectivity index (χ4n) is 4.37. The van der Waals surface area contributed by atoms with Crippen LogP contribution in [0.4, 0.5) is 17.2 Å². The van der Waals surface area contributed by atoms with E-state index in [4.69, 9.17) is 9.47 Å². The predicted octanol–water partition coefficient (Wildman–Crippen LogP) is 2.32. The molecule has 10 heteroatoms. The van der Waals surface area contributed by atoms with Gasteiger partial charge in [-0.1, -0.05) is 12.1 Å². The number of hydrogen-bond acceptors (Lipinski definition) is 8. The van der Waals surface area contributed by atoms with Crippen molar-refractivity contribution in [3.05, 3.63) is 65.6 Å². The number of para-hydroxylation sites is 2. The summed E-state index contributed by atoms with van der Waals surface area (Å²) in [5, 5.41) is 6.29. The Bertz CT molecular complexity index is 1270. The number of benzene rings is 2. The highest BCUT2D eigenvalue weighted by molar-refractivity contribution is 6.10. The second-order valence-corrected chi connectivity index (χ2v) is 8.23. The molecule has 2 N–H and O–H groups in total. The molecule has 0 spiro atoms. The first-order chi connectivity index (χ1) is 17.1. The molecule has 35 heavy (non-hydrogen) atoms. The van der Waals surface area contributed by atoms with Gasteiger partial charge in [-0.05, 0) is 29.8 Å². The minimum Gasteiger partial charge on any atom is -0.493 e. The van der Waals surface area contributed by atoms with Crippen LogP contribution in [0.5, 0.6) is 11.5 Å². The molecule has 1 saturated heterocycles. The number of nitrogens with one attached hydrogen (secondary N) is 2. The molecule has 0 bridgehead atoms. The van der Waals surface area contributed by atoms with Crippen molar-refractivity contribution in [1.82, 2.24) is 15.3 Å². The number of fused-ring (bicyclic) bond motifs is 1. The lowest BCUT2D eigenvalue weighted by molar-refractivity contribution is 0.0989. The van der Waals surface area contributed by atoms with Crippen molar-refractivity contribution in [2.24, 2.45) is 0 Å². The summed E-state index contributed by atoms with van der Waals surface area (Å²) < 4.78 is 10.7. The van der Waals surface area contributed by atoms with Gasteiger partial charge in [0.05, 0.1) is 44.5 Å². The number of ether oxygens (including phenoxy) is 2. The van der Waals surface area contributed by atoms with Gasteiger partial charge >= 0.3 is 0 Å². The summed E-state index contributed by atoms with van der Waals surface area (Å²) in [5.41, 5.74) is 3.07. The SMILES string of the molecule is COc1cc2c(cc1OC)C(=O)N(c1cncc(C(=O)Nc3ccccc3N3CCNCC3)n1)C2. The number of carbonyl (C=O) groups is 2. The zero-order valence-electron chi connectivity index (χ0n) is 19.6. The Morgan fingerprint density at radius 2 is 1.80 bits per heavy atom. The maximum Gasteiger partial charge on any atom is 0.276 e. The van der Waals surface area contributed by atoms with Crippen LogP contribution in [0.3, 0.4) is 0 Å². The summed E-state index contributed by atoms with van der Waals surface area (Å²) in [6.07, 6.45) is 2.87. The summed E-state index contributed by atoms with van der Waals surface area (Å²) >= 11 is 0. The molecule has 180 valence electrons. The second-order valence-electron chi connectivity index (χ2n) is 8.23. The quantitative estimate of drug-likeness (QED) is 0.560. The molecule has 0 unspecified atom stereocenters. The number of amides is 2. The minimum absolute atomic E-state index is 0.122. The van der Waals surface area contributed by atoms with Gasteiger partial charge in [-0.15, -0.1) is 0 Å². The van der Waals surface area contributed by atoms with Crippen LogP contribution >= 0.6 is 0 Å². The van der Waals surface area contributed by atoms with Gasteiger partial charge in [-0.3, -0.25) is 19.5 Å². The molecule has 10 nitrogen and oxygen atoms in total. The van der Waals surface area contributed by atoms with E-state index in [9.17, 15) is 9.59 Å². The maximum atomic E-state index is 13.1. The van der Waals surface area contributed by atoms with Crippen molar-refractivity contribution in [3.8, 4) is 11.5 Å². The smallest absolute Gasteiger partial charge is 0.276 e. The van der Waals surface area contributed by atoms with Crippen molar-refractivity contribution in [3.63, 3.8) is 0 Å². The lowest BCUT2D eigenvalue weighted by Gasteiger charge is -2.31. The van der Waals surface area contributed by atoms with Gasteiger partial charge in [0, 0.05) is 31.7 Å². The van der Waals surface area contributed by atoms with Crippen LogP contribution in [-0.4, -0.2) is 62.2 Å². The second kappa shape index (κ2) is 9.59. The number of methoxy groups -OCH3 is 2. The first-order valence-electron chi connectivity index (χ1n) is 11.3. The summed E-state index contributed by atoms with van der Waals surface area (Å²) in [7, 11) is 3.07. The minimum atomic E-state index is -0.394. The van der Waals surface area contributed by atoms with Gasteiger partial charge in [0.2, 0.25) is 0 Å². The van der Waals surface area contributed by atoms with Gasteiger partial charge in [-0.2, -0.15) is 0 Å². The lowest BCUT2D eigenvalue weighted by Crippen LogP contribution is -2.43. The van der Waals surface area contributed by atoms with Crippen LogP contribution in [-0.2, 0) is 6.54 Å². The molecule has 0 atom stereocenters. The molecule has 3 aromatic rings. The van der Waals surface area contributed by atoms with Crippen LogP contribution in [0, 0.1) is 0 Å². The zero-order valence-corrected chi connectivity index (χ0v) is 19.6. The standard InChI is InChI=1S/C25H26N6O4/c1-34-21-11-16-15-31(25(33)17(16)12-22(21)35-2)23-14-27-13-19(28-23)24(32)29-18-5-3-4-6-20(18)30-9-7-26-8-10-30/h3-6,11-14,26H,7-10,15H2,1-2H3,(H,29,32). The topological polar surface area (TPSA) is 109 Å². The summed E-state index contributed by atoms with van der Waals surface area (Å²) in [5.74, 6) is 0.686. The van der Waals surface area contributed by atoms with E-state index in [1.807, 2.05) is 24.3 Å². The van der Waals surface area contributed by atoms with Crippen LogP contribution < -0.4 is 29.9 Å². The Kier molecular flexibility index (Phi) is 6.19. The highest BCUT2D eigenvalue weighted by atomic mass is 16.5. The average Bonchev–Trinajstić information content (AvgIpc) is 3.23. The van der Waals surface area contributed by atoms with E-state index >= 15 is 0 Å². The predicted molar refractivity (Wildman–Crippen MR) is 132 cm³/mol. The van der Waals surface area contributed by atoms with E-state index < -0.39 is 5.91 Å². The highest BCUT2D eigenvalue weighted by Gasteiger charge is 2.32. The van der Waals surface area contributed by atoms with Gasteiger partial charge in [0.25, 0.3) is 11.8 Å². The third-order valence-corrected chi connectivity index (χ3v) is 6.15. The Hall–Kier alpha value is -4.18. The van der Waals surface area contributed by atoms with Gasteiger partial charge in [0.15, 0.2) is 17.3 Å². The van der Waals surface area contributed by atoms with Crippen molar-refractivity contribution < 1.29 is 19.1 Å². The lowest BCUT2D eigenvalue weighted by atomic mass is 10.1. The van der Waals surface area contributed by atoms with Crippen molar-refractivity contribution in [2.75, 3.05) is 55.5 Å². The van der Waals surface area contributed by atoms with Crippen molar-refractivity contribution in [1.29, 1.82) is 0 Å². The number of aromatic nitrogens is 2. The number of hydrogen-bond donors (Lipinski definition) is 2. The molecular weight excluding hydrogens is 448 g/mol. The molecule has 5 rings (SSSR count). The third-order valence-electron chi connectivity index (χ3n) is 6.15. The fourth-order valence-corrected chi connectivity index (χ4v) is 4.37. The molecule has 0 aliphatic carbocycles. The molecule has 1 fully saturated rings. The molecule has 1 aromatic heterocycles. The number of nitrogens with zero attached hydrogens (tertiary/aromatic N) is 4. The largest absolute Gasteiger partial charge is 0.493 e. The van der Waals surface area contributed by atoms with Crippen LogP contribution in [0.2, 0.25) is 0 Å². The maximum absolute atomic E-state index is 13.1. The van der Waals surface area contributed by atoms with Crippen LogP contribution in [0.15, 0.2) is 48.8 Å². The number of anilines is 3. The van der Waals surface area contributed by atoms with Crippen LogP contribution in [0.1, 0.15) is 26.4 Å². The first kappa shape index (κ1) is 22.6. The van der Waals surface area contributed by atoms with Crippen LogP contribution in [0.25, 0.3) is 0 Å². The Morgan fingerprint density at radius 1 is 1.06 bits per heavy atom. The number of rotatable bonds is 6. The van der Waals surface area contributed by atoms with E-state index in [1.54, 1.807) is 19.2 Å². The third kappa shape index (κ3) is 4.35. The van der Waals surface area contributed by atoms with E-state index in [-0.39, 0.29) is 11.6 Å². The highest BCUT2D eigenvalue weighted by Crippen LogP contribution is 2.36. The van der Waals surface area contributed by atoms with Crippen molar-refractivity contribution >= 4 is 29.0 Å². The van der Waals surface area contributed by atoms with E-state index in [0.717, 1.165) is 37.4 Å². The van der Waals surface area contributed by atoms with E-state index in [2.05, 4.69) is 25.5 Å². The summed E-state index contributed by atoms with van der Waals surface area (Å²) in [6, 6.07) is 11.1. The first-order valence-corrected chi connectivity index (χ1v) is 11.3. The van der Waals surface area contributed by atoms with Gasteiger partial charge < -0.3 is 25.0 Å². The van der Waals surface area contributed by atoms with Gasteiger partial charge in [-0.25, -0.2) is 4.98 Å². The average molecular weight is 475 g/mol. The summed E-state index contributed by atoms with van der Waals surface area (Å²) in [6.45, 7) is 3.78. The molecule has 2 aliphatic rings. The van der Waals surface area contributed by atoms with E-state index in [0.29, 0.717) is 35.1 Å².